The van der Waals surface area contributed by atoms with E-state index < -0.39 is 7.14 Å². The van der Waals surface area contributed by atoms with E-state index in [1.54, 1.807) is 37.8 Å². The predicted octanol–water partition coefficient (Wildman–Crippen LogP) is 3.61. The molecule has 0 bridgehead atoms. The van der Waals surface area contributed by atoms with Crippen LogP contribution in [-0.2, 0) is 4.57 Å². The summed E-state index contributed by atoms with van der Waals surface area (Å²) in [5, 5.41) is 13.0. The summed E-state index contributed by atoms with van der Waals surface area (Å²) in [5.41, 5.74) is 3.78. The molecule has 10 heteroatoms. The average molecular weight is 483 g/mol. The Morgan fingerprint density at radius 2 is 2.09 bits per heavy atom. The second-order valence-corrected chi connectivity index (χ2v) is 12.8. The third-order valence-corrected chi connectivity index (χ3v) is 8.48. The molecule has 4 N–H and O–H groups in total. The molecule has 1 fully saturated rings. The predicted molar refractivity (Wildman–Crippen MR) is 137 cm³/mol. The smallest absolute Gasteiger partial charge is 0.251 e. The SMILES string of the molecule is CNC(=O)c1ccc2c(-c3nc(N[C@H]4CCCNC4)nc4ccsc34)c[nH]c2c1P(C)(C)=O. The lowest BCUT2D eigenvalue weighted by Gasteiger charge is -2.24. The number of carbonyl (C=O) groups excluding carboxylic acids is 1. The minimum atomic E-state index is -2.76. The first kappa shape index (κ1) is 22.1. The van der Waals surface area contributed by atoms with Gasteiger partial charge in [-0.15, -0.1) is 11.3 Å². The molecule has 0 spiro atoms. The van der Waals surface area contributed by atoms with Crippen molar-refractivity contribution in [3.8, 4) is 11.3 Å². The number of anilines is 1. The maximum atomic E-state index is 13.2. The van der Waals surface area contributed by atoms with Gasteiger partial charge in [0.1, 0.15) is 7.14 Å². The number of aromatic amines is 1. The Morgan fingerprint density at radius 3 is 2.82 bits per heavy atom. The summed E-state index contributed by atoms with van der Waals surface area (Å²) in [5.74, 6) is 0.361. The van der Waals surface area contributed by atoms with Crippen molar-refractivity contribution >= 4 is 56.8 Å². The van der Waals surface area contributed by atoms with Crippen LogP contribution < -0.4 is 21.3 Å². The van der Waals surface area contributed by atoms with Crippen molar-refractivity contribution in [1.29, 1.82) is 0 Å². The van der Waals surface area contributed by atoms with E-state index in [4.69, 9.17) is 9.97 Å². The van der Waals surface area contributed by atoms with Gasteiger partial charge in [0.05, 0.1) is 27.0 Å². The zero-order valence-corrected chi connectivity index (χ0v) is 20.6. The molecule has 8 nitrogen and oxygen atoms in total. The number of nitrogens with zero attached hydrogens (tertiary/aromatic N) is 2. The Labute approximate surface area is 196 Å². The maximum Gasteiger partial charge on any atom is 0.251 e. The van der Waals surface area contributed by atoms with Crippen molar-refractivity contribution in [3.63, 3.8) is 0 Å². The van der Waals surface area contributed by atoms with E-state index in [-0.39, 0.29) is 5.91 Å². The molecule has 0 unspecified atom stereocenters. The van der Waals surface area contributed by atoms with Crippen molar-refractivity contribution in [2.45, 2.75) is 18.9 Å². The molecule has 1 aliphatic rings. The lowest BCUT2D eigenvalue weighted by atomic mass is 10.1. The van der Waals surface area contributed by atoms with E-state index in [1.807, 2.05) is 23.7 Å². The first-order chi connectivity index (χ1) is 15.9. The Balaban J connectivity index is 1.68. The van der Waals surface area contributed by atoms with E-state index in [0.717, 1.165) is 52.8 Å². The quantitative estimate of drug-likeness (QED) is 0.324. The molecule has 1 saturated heterocycles. The molecular formula is C23H27N6O2PS. The van der Waals surface area contributed by atoms with Crippen LogP contribution >= 0.6 is 18.5 Å². The molecule has 1 aliphatic heterocycles. The van der Waals surface area contributed by atoms with Crippen LogP contribution in [-0.4, -0.2) is 60.4 Å². The van der Waals surface area contributed by atoms with Crippen LogP contribution in [0.4, 0.5) is 5.95 Å². The van der Waals surface area contributed by atoms with Crippen LogP contribution in [0, 0.1) is 0 Å². The highest BCUT2D eigenvalue weighted by Crippen LogP contribution is 2.42. The number of H-pyrrole nitrogens is 1. The molecule has 0 aliphatic carbocycles. The van der Waals surface area contributed by atoms with Crippen molar-refractivity contribution in [2.75, 3.05) is 38.8 Å². The number of hydrogen-bond donors (Lipinski definition) is 4. The van der Waals surface area contributed by atoms with Gasteiger partial charge in [0.15, 0.2) is 0 Å². The minimum Gasteiger partial charge on any atom is -0.360 e. The number of rotatable bonds is 5. The number of fused-ring (bicyclic) bond motifs is 2. The van der Waals surface area contributed by atoms with Crippen molar-refractivity contribution in [1.82, 2.24) is 25.6 Å². The zero-order valence-electron chi connectivity index (χ0n) is 18.9. The molecule has 0 saturated carbocycles. The average Bonchev–Trinajstić information content (AvgIpc) is 3.44. The number of piperidine rings is 1. The van der Waals surface area contributed by atoms with Crippen molar-refractivity contribution in [3.05, 3.63) is 35.3 Å². The van der Waals surface area contributed by atoms with Crippen molar-refractivity contribution in [2.24, 2.45) is 0 Å². The van der Waals surface area contributed by atoms with E-state index in [2.05, 4.69) is 20.9 Å². The van der Waals surface area contributed by atoms with Crippen LogP contribution in [0.3, 0.4) is 0 Å². The largest absolute Gasteiger partial charge is 0.360 e. The standard InChI is InChI=1S/C23H27N6O2PS/c1-24-22(30)15-7-6-14-16(12-26-18(14)20(15)32(2,3)31)19-21-17(8-10-33-21)28-23(29-19)27-13-5-4-9-25-11-13/h6-8,10,12-13,25-26H,4-5,9,11H2,1-3H3,(H,24,30)(H,27,28,29)/t13-/m0/s1. The third-order valence-electron chi connectivity index (χ3n) is 6.03. The minimum absolute atomic E-state index is 0.248. The fourth-order valence-electron chi connectivity index (χ4n) is 4.53. The highest BCUT2D eigenvalue weighted by molar-refractivity contribution is 7.70. The molecule has 33 heavy (non-hydrogen) atoms. The maximum absolute atomic E-state index is 13.2. The van der Waals surface area contributed by atoms with Gasteiger partial charge in [0.25, 0.3) is 5.91 Å². The van der Waals surface area contributed by atoms with Crippen LogP contribution in [0.15, 0.2) is 29.8 Å². The normalized spacial score (nSPS) is 16.9. The highest BCUT2D eigenvalue weighted by atomic mass is 32.1. The molecule has 5 rings (SSSR count). The summed E-state index contributed by atoms with van der Waals surface area (Å²) >= 11 is 1.60. The first-order valence-corrected chi connectivity index (χ1v) is 14.5. The number of aromatic nitrogens is 3. The molecule has 3 aromatic heterocycles. The van der Waals surface area contributed by atoms with Gasteiger partial charge in [0.2, 0.25) is 5.95 Å². The van der Waals surface area contributed by atoms with Gasteiger partial charge >= 0.3 is 0 Å². The van der Waals surface area contributed by atoms with E-state index in [1.165, 1.54) is 0 Å². The molecule has 172 valence electrons. The summed E-state index contributed by atoms with van der Waals surface area (Å²) in [7, 11) is -1.18. The molecule has 1 atom stereocenters. The van der Waals surface area contributed by atoms with Crippen LogP contribution in [0.25, 0.3) is 32.4 Å². The van der Waals surface area contributed by atoms with E-state index in [0.29, 0.717) is 28.4 Å². The van der Waals surface area contributed by atoms with Crippen LogP contribution in [0.2, 0.25) is 0 Å². The topological polar surface area (TPSA) is 112 Å². The van der Waals surface area contributed by atoms with Gasteiger partial charge in [-0.25, -0.2) is 9.97 Å². The third kappa shape index (κ3) is 4.05. The lowest BCUT2D eigenvalue weighted by Crippen LogP contribution is -2.38. The highest BCUT2D eigenvalue weighted by Gasteiger charge is 2.26. The Morgan fingerprint density at radius 1 is 1.24 bits per heavy atom. The molecule has 1 aromatic carbocycles. The summed E-state index contributed by atoms with van der Waals surface area (Å²) < 4.78 is 14.2. The number of nitrogens with one attached hydrogen (secondary N) is 4. The van der Waals surface area contributed by atoms with E-state index in [9.17, 15) is 9.36 Å². The number of hydrogen-bond acceptors (Lipinski definition) is 7. The molecule has 1 amide bonds. The summed E-state index contributed by atoms with van der Waals surface area (Å²) in [6, 6.07) is 5.96. The number of benzene rings is 1. The van der Waals surface area contributed by atoms with E-state index >= 15 is 0 Å². The fraction of sp³-hybridized carbons (Fsp3) is 0.348. The Hall–Kier alpha value is -2.74. The van der Waals surface area contributed by atoms with Gasteiger partial charge < -0.3 is 25.5 Å². The molecule has 0 radical (unpaired) electrons. The summed E-state index contributed by atoms with van der Waals surface area (Å²) in [4.78, 5) is 25.5. The van der Waals surface area contributed by atoms with Gasteiger partial charge in [-0.3, -0.25) is 4.79 Å². The van der Waals surface area contributed by atoms with Gasteiger partial charge in [-0.05, 0) is 50.2 Å². The van der Waals surface area contributed by atoms with Crippen molar-refractivity contribution < 1.29 is 9.36 Å². The van der Waals surface area contributed by atoms with Gasteiger partial charge in [-0.1, -0.05) is 6.07 Å². The van der Waals surface area contributed by atoms with Gasteiger partial charge in [0, 0.05) is 42.1 Å². The molecule has 4 heterocycles. The summed E-state index contributed by atoms with van der Waals surface area (Å²) in [6.07, 6.45) is 4.09. The van der Waals surface area contributed by atoms with Gasteiger partial charge in [-0.2, -0.15) is 0 Å². The number of amides is 1. The van der Waals surface area contributed by atoms with Crippen LogP contribution in [0.1, 0.15) is 23.2 Å². The molecule has 4 aromatic rings. The zero-order chi connectivity index (χ0) is 23.2. The fourth-order valence-corrected chi connectivity index (χ4v) is 6.84. The Bertz CT molecular complexity index is 1400. The van der Waals surface area contributed by atoms with Crippen LogP contribution in [0.5, 0.6) is 0 Å². The number of thiophene rings is 1. The first-order valence-electron chi connectivity index (χ1n) is 11.0. The summed E-state index contributed by atoms with van der Waals surface area (Å²) in [6.45, 7) is 5.32. The Kier molecular flexibility index (Phi) is 5.72. The second-order valence-electron chi connectivity index (χ2n) is 8.74. The lowest BCUT2D eigenvalue weighted by molar-refractivity contribution is 0.0964. The number of carbonyl (C=O) groups is 1. The monoisotopic (exact) mass is 482 g/mol. The molecular weight excluding hydrogens is 455 g/mol. The second kappa shape index (κ2) is 8.56.